The van der Waals surface area contributed by atoms with Gasteiger partial charge in [0.15, 0.2) is 0 Å². The smallest absolute Gasteiger partial charge is 0.243 e. The number of nitrogens with one attached hydrogen (secondary N) is 1. The van der Waals surface area contributed by atoms with Crippen molar-refractivity contribution in [3.05, 3.63) is 24.3 Å². The van der Waals surface area contributed by atoms with Crippen molar-refractivity contribution in [3.8, 4) is 0 Å². The van der Waals surface area contributed by atoms with Gasteiger partial charge in [-0.1, -0.05) is 32.8 Å². The van der Waals surface area contributed by atoms with Gasteiger partial charge in [0.25, 0.3) is 0 Å². The van der Waals surface area contributed by atoms with E-state index in [-0.39, 0.29) is 16.7 Å². The monoisotopic (exact) mass is 338 g/mol. The molecular weight excluding hydrogens is 312 g/mol. The fourth-order valence-corrected chi connectivity index (χ4v) is 4.18. The molecule has 1 aromatic rings. The summed E-state index contributed by atoms with van der Waals surface area (Å²) in [7, 11) is -3.49. The Balaban J connectivity index is 2.19. The minimum Gasteiger partial charge on any atom is -0.326 e. The van der Waals surface area contributed by atoms with Crippen LogP contribution in [0.3, 0.4) is 0 Å². The summed E-state index contributed by atoms with van der Waals surface area (Å²) in [5, 5.41) is 2.80. The second-order valence-corrected chi connectivity index (χ2v) is 8.08. The van der Waals surface area contributed by atoms with Crippen molar-refractivity contribution in [3.63, 3.8) is 0 Å². The standard InChI is InChI=1S/C17H26N2O3S/c1-3-14(2)17(20)18-15-9-8-10-16(13-15)23(21,22)19-11-6-4-5-7-12-19/h8-10,13-14H,3-7,11-12H2,1-2H3,(H,18,20). The van der Waals surface area contributed by atoms with Gasteiger partial charge in [-0.3, -0.25) is 4.79 Å². The number of carbonyl (C=O) groups is 1. The first-order chi connectivity index (χ1) is 10.9. The maximum absolute atomic E-state index is 12.8. The van der Waals surface area contributed by atoms with E-state index in [1.54, 1.807) is 28.6 Å². The SMILES string of the molecule is CCC(C)C(=O)Nc1cccc(S(=O)(=O)N2CCCCCC2)c1. The van der Waals surface area contributed by atoms with Crippen LogP contribution in [0.25, 0.3) is 0 Å². The van der Waals surface area contributed by atoms with E-state index in [0.717, 1.165) is 32.1 Å². The molecule has 0 aromatic heterocycles. The van der Waals surface area contributed by atoms with E-state index in [1.165, 1.54) is 0 Å². The van der Waals surface area contributed by atoms with Crippen LogP contribution < -0.4 is 5.32 Å². The third kappa shape index (κ3) is 4.54. The van der Waals surface area contributed by atoms with Crippen LogP contribution in [0.1, 0.15) is 46.0 Å². The lowest BCUT2D eigenvalue weighted by molar-refractivity contribution is -0.119. The highest BCUT2D eigenvalue weighted by molar-refractivity contribution is 7.89. The number of benzene rings is 1. The van der Waals surface area contributed by atoms with Gasteiger partial charge in [0.1, 0.15) is 0 Å². The minimum absolute atomic E-state index is 0.0863. The molecule has 1 fully saturated rings. The summed E-state index contributed by atoms with van der Waals surface area (Å²) in [5.74, 6) is -0.183. The number of rotatable bonds is 5. The number of carbonyl (C=O) groups excluding carboxylic acids is 1. The first kappa shape index (κ1) is 17.9. The van der Waals surface area contributed by atoms with Crippen LogP contribution in [-0.4, -0.2) is 31.7 Å². The van der Waals surface area contributed by atoms with Gasteiger partial charge in [-0.05, 0) is 37.5 Å². The molecule has 0 spiro atoms. The quantitative estimate of drug-likeness (QED) is 0.896. The van der Waals surface area contributed by atoms with Gasteiger partial charge >= 0.3 is 0 Å². The summed E-state index contributed by atoms with van der Waals surface area (Å²) in [6, 6.07) is 6.55. The Hall–Kier alpha value is -1.40. The fraction of sp³-hybridized carbons (Fsp3) is 0.588. The van der Waals surface area contributed by atoms with Crippen molar-refractivity contribution in [2.75, 3.05) is 18.4 Å². The molecule has 23 heavy (non-hydrogen) atoms. The summed E-state index contributed by atoms with van der Waals surface area (Å²) in [4.78, 5) is 12.2. The van der Waals surface area contributed by atoms with Gasteiger partial charge in [-0.25, -0.2) is 8.42 Å². The Morgan fingerprint density at radius 1 is 1.22 bits per heavy atom. The minimum atomic E-state index is -3.49. The van der Waals surface area contributed by atoms with E-state index >= 15 is 0 Å². The van der Waals surface area contributed by atoms with E-state index < -0.39 is 10.0 Å². The lowest BCUT2D eigenvalue weighted by Crippen LogP contribution is -2.32. The van der Waals surface area contributed by atoms with Gasteiger partial charge < -0.3 is 5.32 Å². The highest BCUT2D eigenvalue weighted by atomic mass is 32.2. The molecule has 1 aliphatic heterocycles. The summed E-state index contributed by atoms with van der Waals surface area (Å²) >= 11 is 0. The van der Waals surface area contributed by atoms with Crippen LogP contribution in [0.4, 0.5) is 5.69 Å². The zero-order chi connectivity index (χ0) is 16.9. The van der Waals surface area contributed by atoms with Gasteiger partial charge in [-0.15, -0.1) is 0 Å². The molecule has 128 valence electrons. The average Bonchev–Trinajstić information content (AvgIpc) is 2.84. The molecule has 1 saturated heterocycles. The lowest BCUT2D eigenvalue weighted by atomic mass is 10.1. The molecule has 1 amide bonds. The molecular formula is C17H26N2O3S. The molecule has 1 heterocycles. The Kier molecular flexibility index (Phi) is 6.18. The highest BCUT2D eigenvalue weighted by Gasteiger charge is 2.25. The lowest BCUT2D eigenvalue weighted by Gasteiger charge is -2.20. The van der Waals surface area contributed by atoms with Crippen molar-refractivity contribution >= 4 is 21.6 Å². The summed E-state index contributed by atoms with van der Waals surface area (Å²) in [5.41, 5.74) is 0.534. The van der Waals surface area contributed by atoms with Crippen molar-refractivity contribution < 1.29 is 13.2 Å². The number of amides is 1. The number of anilines is 1. The van der Waals surface area contributed by atoms with Crippen molar-refractivity contribution in [2.24, 2.45) is 5.92 Å². The van der Waals surface area contributed by atoms with Crippen LogP contribution in [0.5, 0.6) is 0 Å². The van der Waals surface area contributed by atoms with Crippen molar-refractivity contribution in [1.29, 1.82) is 0 Å². The predicted octanol–water partition coefficient (Wildman–Crippen LogP) is 3.24. The van der Waals surface area contributed by atoms with Gasteiger partial charge in [0.2, 0.25) is 15.9 Å². The Morgan fingerprint density at radius 2 is 1.87 bits per heavy atom. The summed E-state index contributed by atoms with van der Waals surface area (Å²) in [6.07, 6.45) is 4.72. The third-order valence-corrected chi connectivity index (χ3v) is 6.26. The van der Waals surface area contributed by atoms with Crippen LogP contribution >= 0.6 is 0 Å². The van der Waals surface area contributed by atoms with Crippen molar-refractivity contribution in [2.45, 2.75) is 50.8 Å². The first-order valence-corrected chi connectivity index (χ1v) is 9.80. The molecule has 1 unspecified atom stereocenters. The van der Waals surface area contributed by atoms with E-state index in [4.69, 9.17) is 0 Å². The Bertz CT molecular complexity index is 635. The average molecular weight is 338 g/mol. The third-order valence-electron chi connectivity index (χ3n) is 4.36. The van der Waals surface area contributed by atoms with Crippen LogP contribution in [0.2, 0.25) is 0 Å². The Labute approximate surface area is 139 Å². The van der Waals surface area contributed by atoms with E-state index in [9.17, 15) is 13.2 Å². The van der Waals surface area contributed by atoms with Gasteiger partial charge in [0, 0.05) is 24.7 Å². The maximum Gasteiger partial charge on any atom is 0.243 e. The van der Waals surface area contributed by atoms with Gasteiger partial charge in [-0.2, -0.15) is 4.31 Å². The second kappa shape index (κ2) is 7.93. The molecule has 0 saturated carbocycles. The normalized spacial score (nSPS) is 18.2. The maximum atomic E-state index is 12.8. The van der Waals surface area contributed by atoms with Crippen molar-refractivity contribution in [1.82, 2.24) is 4.31 Å². The topological polar surface area (TPSA) is 66.5 Å². The molecule has 2 rings (SSSR count). The predicted molar refractivity (Wildman–Crippen MR) is 91.8 cm³/mol. The summed E-state index contributed by atoms with van der Waals surface area (Å²) in [6.45, 7) is 4.95. The second-order valence-electron chi connectivity index (χ2n) is 6.14. The molecule has 0 radical (unpaired) electrons. The molecule has 1 atom stereocenters. The highest BCUT2D eigenvalue weighted by Crippen LogP contribution is 2.23. The largest absolute Gasteiger partial charge is 0.326 e. The molecule has 1 N–H and O–H groups in total. The van der Waals surface area contributed by atoms with E-state index in [2.05, 4.69) is 5.32 Å². The zero-order valence-corrected chi connectivity index (χ0v) is 14.7. The molecule has 6 heteroatoms. The zero-order valence-electron chi connectivity index (χ0n) is 13.9. The Morgan fingerprint density at radius 3 is 2.48 bits per heavy atom. The molecule has 5 nitrogen and oxygen atoms in total. The number of sulfonamides is 1. The van der Waals surface area contributed by atoms with Gasteiger partial charge in [0.05, 0.1) is 4.90 Å². The summed E-state index contributed by atoms with van der Waals surface area (Å²) < 4.78 is 27.1. The molecule has 0 aliphatic carbocycles. The molecule has 1 aromatic carbocycles. The van der Waals surface area contributed by atoms with Crippen LogP contribution in [0.15, 0.2) is 29.2 Å². The van der Waals surface area contributed by atoms with Crippen LogP contribution in [0, 0.1) is 5.92 Å². The fourth-order valence-electron chi connectivity index (χ4n) is 2.62. The molecule has 0 bridgehead atoms. The molecule has 1 aliphatic rings. The van der Waals surface area contributed by atoms with E-state index in [0.29, 0.717) is 18.8 Å². The van der Waals surface area contributed by atoms with Crippen LogP contribution in [-0.2, 0) is 14.8 Å². The number of hydrogen-bond acceptors (Lipinski definition) is 3. The first-order valence-electron chi connectivity index (χ1n) is 8.36. The van der Waals surface area contributed by atoms with E-state index in [1.807, 2.05) is 13.8 Å². The number of nitrogens with zero attached hydrogens (tertiary/aromatic N) is 1. The number of hydrogen-bond donors (Lipinski definition) is 1.